The van der Waals surface area contributed by atoms with Gasteiger partial charge < -0.3 is 5.32 Å². The van der Waals surface area contributed by atoms with Crippen LogP contribution < -0.4 is 5.32 Å². The largest absolute Gasteiger partial charge is 0.325 e. The normalized spacial score (nSPS) is 10.6. The zero-order valence-electron chi connectivity index (χ0n) is 14.4. The number of halogens is 1. The summed E-state index contributed by atoms with van der Waals surface area (Å²) in [5, 5.41) is 18.6. The lowest BCUT2D eigenvalue weighted by molar-refractivity contribution is -0.384. The molecule has 0 fully saturated rings. The number of rotatable bonds is 6. The van der Waals surface area contributed by atoms with E-state index >= 15 is 0 Å². The molecule has 0 spiro atoms. The summed E-state index contributed by atoms with van der Waals surface area (Å²) < 4.78 is 2.85. The van der Waals surface area contributed by atoms with Crippen molar-refractivity contribution in [2.75, 3.05) is 11.1 Å². The Morgan fingerprint density at radius 3 is 2.71 bits per heavy atom. The van der Waals surface area contributed by atoms with Crippen molar-refractivity contribution in [3.8, 4) is 5.69 Å². The number of thioether (sulfide) groups is 1. The van der Waals surface area contributed by atoms with Crippen LogP contribution in [0.4, 0.5) is 11.4 Å². The van der Waals surface area contributed by atoms with E-state index in [0.29, 0.717) is 24.6 Å². The first-order valence-electron chi connectivity index (χ1n) is 7.87. The molecule has 0 aliphatic carbocycles. The molecule has 3 aromatic rings. The third-order valence-electron chi connectivity index (χ3n) is 3.62. The first-order chi connectivity index (χ1) is 13.3. The molecule has 1 N–H and O–H groups in total. The number of hydrogen-bond acceptors (Lipinski definition) is 7. The standard InChI is InChI=1S/C17H13ClN4O3S3/c1-10-8-13(22(24)25)6-7-14(10)19-15(23)9-27-16-20-21(17(26)28-16)12-4-2-11(18)3-5-12/h2-8H,9H2,1H3,(H,19,23). The van der Waals surface area contributed by atoms with E-state index in [-0.39, 0.29) is 17.3 Å². The Morgan fingerprint density at radius 2 is 2.07 bits per heavy atom. The summed E-state index contributed by atoms with van der Waals surface area (Å²) in [6.07, 6.45) is 0. The first-order valence-corrected chi connectivity index (χ1v) is 10.5. The Hall–Kier alpha value is -2.27. The van der Waals surface area contributed by atoms with Crippen LogP contribution in [-0.2, 0) is 4.79 Å². The van der Waals surface area contributed by atoms with Gasteiger partial charge >= 0.3 is 0 Å². The number of carbonyl (C=O) groups excluding carboxylic acids is 1. The molecular formula is C17H13ClN4O3S3. The smallest absolute Gasteiger partial charge is 0.269 e. The molecular weight excluding hydrogens is 440 g/mol. The number of nitrogens with one attached hydrogen (secondary N) is 1. The second-order valence-electron chi connectivity index (χ2n) is 5.62. The van der Waals surface area contributed by atoms with Gasteiger partial charge in [-0.15, -0.1) is 5.10 Å². The molecule has 7 nitrogen and oxygen atoms in total. The van der Waals surface area contributed by atoms with Crippen molar-refractivity contribution in [1.29, 1.82) is 0 Å². The monoisotopic (exact) mass is 452 g/mol. The van der Waals surface area contributed by atoms with Crippen LogP contribution in [0.2, 0.25) is 5.02 Å². The Labute approximate surface area is 178 Å². The van der Waals surface area contributed by atoms with Gasteiger partial charge in [-0.25, -0.2) is 4.68 Å². The molecule has 3 rings (SSSR count). The van der Waals surface area contributed by atoms with Crippen LogP contribution in [0.3, 0.4) is 0 Å². The number of amides is 1. The van der Waals surface area contributed by atoms with Gasteiger partial charge in [0.1, 0.15) is 0 Å². The maximum absolute atomic E-state index is 12.2. The minimum atomic E-state index is -0.473. The van der Waals surface area contributed by atoms with Crippen molar-refractivity contribution in [2.24, 2.45) is 0 Å². The summed E-state index contributed by atoms with van der Waals surface area (Å²) in [6, 6.07) is 11.4. The van der Waals surface area contributed by atoms with Gasteiger partial charge in [0, 0.05) is 22.8 Å². The number of anilines is 1. The van der Waals surface area contributed by atoms with Gasteiger partial charge in [-0.05, 0) is 55.0 Å². The number of aromatic nitrogens is 2. The average molecular weight is 453 g/mol. The summed E-state index contributed by atoms with van der Waals surface area (Å²) in [4.78, 5) is 22.5. The minimum Gasteiger partial charge on any atom is -0.325 e. The number of aryl methyl sites for hydroxylation is 1. The summed E-state index contributed by atoms with van der Waals surface area (Å²) in [7, 11) is 0. The maximum atomic E-state index is 12.2. The van der Waals surface area contributed by atoms with E-state index < -0.39 is 4.92 Å². The van der Waals surface area contributed by atoms with E-state index in [9.17, 15) is 14.9 Å². The lowest BCUT2D eigenvalue weighted by Gasteiger charge is -2.07. The van der Waals surface area contributed by atoms with Crippen LogP contribution in [0, 0.1) is 21.0 Å². The molecule has 2 aromatic carbocycles. The van der Waals surface area contributed by atoms with E-state index in [1.165, 1.54) is 41.3 Å². The molecule has 0 bridgehead atoms. The van der Waals surface area contributed by atoms with Gasteiger partial charge in [-0.2, -0.15) is 0 Å². The van der Waals surface area contributed by atoms with E-state index in [1.54, 1.807) is 23.7 Å². The second-order valence-corrected chi connectivity index (χ2v) is 8.90. The minimum absolute atomic E-state index is 0.0163. The Kier molecular flexibility index (Phi) is 6.45. The molecule has 28 heavy (non-hydrogen) atoms. The van der Waals surface area contributed by atoms with Crippen molar-refractivity contribution >= 4 is 64.2 Å². The van der Waals surface area contributed by atoms with Crippen molar-refractivity contribution in [3.63, 3.8) is 0 Å². The number of benzene rings is 2. The number of carbonyl (C=O) groups is 1. The predicted octanol–water partition coefficient (Wildman–Crippen LogP) is 5.26. The molecule has 0 saturated heterocycles. The van der Waals surface area contributed by atoms with Crippen LogP contribution in [0.15, 0.2) is 46.8 Å². The fraction of sp³-hybridized carbons (Fsp3) is 0.118. The zero-order valence-corrected chi connectivity index (χ0v) is 17.6. The predicted molar refractivity (Wildman–Crippen MR) is 114 cm³/mol. The highest BCUT2D eigenvalue weighted by molar-refractivity contribution is 8.01. The van der Waals surface area contributed by atoms with Crippen LogP contribution in [0.1, 0.15) is 5.56 Å². The van der Waals surface area contributed by atoms with Gasteiger partial charge in [0.15, 0.2) is 8.29 Å². The van der Waals surface area contributed by atoms with Crippen molar-refractivity contribution in [3.05, 3.63) is 67.1 Å². The third-order valence-corrected chi connectivity index (χ3v) is 6.24. The third kappa shape index (κ3) is 4.96. The number of hydrogen-bond donors (Lipinski definition) is 1. The molecule has 1 aromatic heterocycles. The molecule has 1 amide bonds. The van der Waals surface area contributed by atoms with Gasteiger partial charge in [-0.1, -0.05) is 34.7 Å². The number of nitro benzene ring substituents is 1. The molecule has 0 radical (unpaired) electrons. The summed E-state index contributed by atoms with van der Waals surface area (Å²) in [5.74, 6) is -0.0969. The molecule has 0 atom stereocenters. The van der Waals surface area contributed by atoms with E-state index in [4.69, 9.17) is 23.8 Å². The molecule has 11 heteroatoms. The number of nitrogens with zero attached hydrogens (tertiary/aromatic N) is 3. The zero-order chi connectivity index (χ0) is 20.3. The summed E-state index contributed by atoms with van der Waals surface area (Å²) in [5.41, 5.74) is 1.94. The van der Waals surface area contributed by atoms with Gasteiger partial charge in [-0.3, -0.25) is 14.9 Å². The van der Waals surface area contributed by atoms with Crippen molar-refractivity contribution < 1.29 is 9.72 Å². The molecule has 0 saturated carbocycles. The molecule has 144 valence electrons. The van der Waals surface area contributed by atoms with E-state index in [1.807, 2.05) is 12.1 Å². The van der Waals surface area contributed by atoms with E-state index in [2.05, 4.69) is 10.4 Å². The Bertz CT molecular complexity index is 1100. The van der Waals surface area contributed by atoms with Crippen LogP contribution in [0.5, 0.6) is 0 Å². The highest BCUT2D eigenvalue weighted by Gasteiger charge is 2.12. The topological polar surface area (TPSA) is 90.1 Å². The molecule has 1 heterocycles. The molecule has 0 unspecified atom stereocenters. The lowest BCUT2D eigenvalue weighted by atomic mass is 10.2. The number of non-ortho nitro benzene ring substituents is 1. The molecule has 0 aliphatic rings. The average Bonchev–Trinajstić information content (AvgIpc) is 3.03. The summed E-state index contributed by atoms with van der Waals surface area (Å²) >= 11 is 13.8. The van der Waals surface area contributed by atoms with Crippen LogP contribution in [-0.4, -0.2) is 26.4 Å². The number of nitro groups is 1. The Balaban J connectivity index is 1.64. The maximum Gasteiger partial charge on any atom is 0.269 e. The van der Waals surface area contributed by atoms with E-state index in [0.717, 1.165) is 5.69 Å². The lowest BCUT2D eigenvalue weighted by Crippen LogP contribution is -2.14. The Morgan fingerprint density at radius 1 is 1.36 bits per heavy atom. The molecule has 0 aliphatic heterocycles. The first kappa shape index (κ1) is 20.5. The quantitative estimate of drug-likeness (QED) is 0.237. The van der Waals surface area contributed by atoms with Crippen LogP contribution in [0.25, 0.3) is 5.69 Å². The fourth-order valence-corrected chi connectivity index (χ4v) is 4.57. The van der Waals surface area contributed by atoms with Crippen molar-refractivity contribution in [1.82, 2.24) is 9.78 Å². The summed E-state index contributed by atoms with van der Waals surface area (Å²) in [6.45, 7) is 1.70. The SMILES string of the molecule is Cc1cc([N+](=O)[O-])ccc1NC(=O)CSc1nn(-c2ccc(Cl)cc2)c(=S)s1. The van der Waals surface area contributed by atoms with Gasteiger partial charge in [0.05, 0.1) is 16.4 Å². The van der Waals surface area contributed by atoms with Crippen molar-refractivity contribution in [2.45, 2.75) is 11.3 Å². The highest BCUT2D eigenvalue weighted by atomic mass is 35.5. The second kappa shape index (κ2) is 8.82. The van der Waals surface area contributed by atoms with Gasteiger partial charge in [0.25, 0.3) is 5.69 Å². The fourth-order valence-electron chi connectivity index (χ4n) is 2.28. The van der Waals surface area contributed by atoms with Crippen LogP contribution >= 0.6 is 46.9 Å². The van der Waals surface area contributed by atoms with Gasteiger partial charge in [0.2, 0.25) is 5.91 Å². The highest BCUT2D eigenvalue weighted by Crippen LogP contribution is 2.26.